The molecule has 3 aromatic rings. The van der Waals surface area contributed by atoms with Gasteiger partial charge in [0.2, 0.25) is 5.95 Å². The summed E-state index contributed by atoms with van der Waals surface area (Å²) in [6, 6.07) is 10.3. The lowest BCUT2D eigenvalue weighted by molar-refractivity contribution is 0.246. The minimum Gasteiger partial charge on any atom is -0.351 e. The highest BCUT2D eigenvalue weighted by Gasteiger charge is 2.32. The number of urea groups is 1. The summed E-state index contributed by atoms with van der Waals surface area (Å²) in [5.41, 5.74) is 2.77. The average Bonchev–Trinajstić information content (AvgIpc) is 2.81. The largest absolute Gasteiger partial charge is 0.351 e. The molecule has 1 aromatic heterocycles. The third-order valence-corrected chi connectivity index (χ3v) is 6.41. The zero-order valence-electron chi connectivity index (χ0n) is 19.1. The Morgan fingerprint density at radius 1 is 1.09 bits per heavy atom. The molecule has 1 saturated heterocycles. The van der Waals surface area contributed by atoms with E-state index in [0.29, 0.717) is 28.6 Å². The van der Waals surface area contributed by atoms with E-state index in [-0.39, 0.29) is 24.1 Å². The van der Waals surface area contributed by atoms with E-state index in [1.54, 1.807) is 24.3 Å². The maximum atomic E-state index is 14.8. The van der Waals surface area contributed by atoms with Crippen molar-refractivity contribution in [3.05, 3.63) is 65.2 Å². The lowest BCUT2D eigenvalue weighted by Gasteiger charge is -2.32. The molecule has 0 spiro atoms. The summed E-state index contributed by atoms with van der Waals surface area (Å²) in [5.74, 6) is -0.190. The minimum atomic E-state index is -0.534. The number of nitrogens with one attached hydrogen (secondary N) is 2. The number of piperidine rings is 1. The number of aryl methyl sites for hydroxylation is 1. The zero-order chi connectivity index (χ0) is 23.8. The van der Waals surface area contributed by atoms with Crippen LogP contribution in [0.15, 0.2) is 42.5 Å². The van der Waals surface area contributed by atoms with Gasteiger partial charge in [-0.2, -0.15) is 4.98 Å². The quantitative estimate of drug-likeness (QED) is 0.591. The molecule has 0 bridgehead atoms. The van der Waals surface area contributed by atoms with Crippen LogP contribution in [-0.2, 0) is 6.54 Å². The number of anilines is 3. The molecule has 9 heteroatoms. The second-order valence-corrected chi connectivity index (χ2v) is 8.82. The van der Waals surface area contributed by atoms with Crippen LogP contribution >= 0.6 is 0 Å². The van der Waals surface area contributed by atoms with Gasteiger partial charge in [0.15, 0.2) is 5.82 Å². The van der Waals surface area contributed by atoms with Gasteiger partial charge in [0.25, 0.3) is 0 Å². The summed E-state index contributed by atoms with van der Waals surface area (Å²) >= 11 is 0. The summed E-state index contributed by atoms with van der Waals surface area (Å²) in [7, 11) is 2.09. The highest BCUT2D eigenvalue weighted by Crippen LogP contribution is 2.38. The molecular weight excluding hydrogens is 438 g/mol. The summed E-state index contributed by atoms with van der Waals surface area (Å²) in [6.45, 7) is 3.90. The molecule has 0 aliphatic carbocycles. The number of nitrogens with zero attached hydrogens (tertiary/aromatic N) is 4. The first-order valence-corrected chi connectivity index (χ1v) is 11.4. The van der Waals surface area contributed by atoms with Gasteiger partial charge in [0.1, 0.15) is 11.6 Å². The molecule has 7 nitrogen and oxygen atoms in total. The topological polar surface area (TPSA) is 73.4 Å². The molecule has 2 N–H and O–H groups in total. The van der Waals surface area contributed by atoms with Crippen molar-refractivity contribution in [1.29, 1.82) is 0 Å². The van der Waals surface area contributed by atoms with Crippen molar-refractivity contribution in [3.8, 4) is 11.3 Å². The molecule has 0 atom stereocenters. The number of benzene rings is 2. The smallest absolute Gasteiger partial charge is 0.328 e. The van der Waals surface area contributed by atoms with Crippen molar-refractivity contribution in [1.82, 2.24) is 20.2 Å². The highest BCUT2D eigenvalue weighted by atomic mass is 19.1. The summed E-state index contributed by atoms with van der Waals surface area (Å²) in [4.78, 5) is 25.9. The molecule has 2 aromatic carbocycles. The fourth-order valence-electron chi connectivity index (χ4n) is 4.53. The first kappa shape index (κ1) is 22.2. The van der Waals surface area contributed by atoms with Gasteiger partial charge >= 0.3 is 6.03 Å². The number of hydrogen-bond acceptors (Lipinski definition) is 5. The van der Waals surface area contributed by atoms with E-state index in [9.17, 15) is 13.6 Å². The van der Waals surface area contributed by atoms with Gasteiger partial charge in [-0.25, -0.2) is 23.5 Å². The van der Waals surface area contributed by atoms with Crippen LogP contribution in [-0.4, -0.2) is 47.1 Å². The number of fused-ring (bicyclic) bond motifs is 1. The Bertz CT molecular complexity index is 1240. The van der Waals surface area contributed by atoms with Crippen LogP contribution in [0.4, 0.5) is 31.0 Å². The van der Waals surface area contributed by atoms with E-state index in [2.05, 4.69) is 22.6 Å². The van der Waals surface area contributed by atoms with Crippen LogP contribution in [0.25, 0.3) is 11.3 Å². The Morgan fingerprint density at radius 3 is 2.59 bits per heavy atom. The van der Waals surface area contributed by atoms with Gasteiger partial charge in [0, 0.05) is 17.2 Å². The first-order valence-electron chi connectivity index (χ1n) is 11.4. The molecular formula is C25H26F2N6O. The van der Waals surface area contributed by atoms with Gasteiger partial charge in [-0.3, -0.25) is 0 Å². The standard InChI is InChI=1S/C25H26F2N6O/c1-15-13-16(26)7-8-18(15)22-19-14-28-25(34)33(21-6-4-3-5-20(21)27)23(19)31-24(30-22)29-17-9-11-32(2)12-10-17/h3-8,13,17H,9-12,14H2,1-2H3,(H,28,34)(H,29,30,31). The number of likely N-dealkylation sites (tertiary alicyclic amines) is 1. The first-order chi connectivity index (χ1) is 16.4. The van der Waals surface area contributed by atoms with Crippen LogP contribution in [0.1, 0.15) is 24.0 Å². The van der Waals surface area contributed by atoms with Gasteiger partial charge in [-0.15, -0.1) is 0 Å². The van der Waals surface area contributed by atoms with Crippen LogP contribution in [0.5, 0.6) is 0 Å². The third-order valence-electron chi connectivity index (χ3n) is 6.41. The predicted molar refractivity (Wildman–Crippen MR) is 127 cm³/mol. The van der Waals surface area contributed by atoms with Crippen LogP contribution in [0.3, 0.4) is 0 Å². The Kier molecular flexibility index (Phi) is 5.87. The van der Waals surface area contributed by atoms with Crippen molar-refractivity contribution < 1.29 is 13.6 Å². The number of hydrogen-bond donors (Lipinski definition) is 2. The van der Waals surface area contributed by atoms with E-state index in [1.807, 2.05) is 6.92 Å². The van der Waals surface area contributed by atoms with Gasteiger partial charge < -0.3 is 15.5 Å². The van der Waals surface area contributed by atoms with Crippen molar-refractivity contribution in [3.63, 3.8) is 0 Å². The molecule has 0 unspecified atom stereocenters. The number of aromatic nitrogens is 2. The fraction of sp³-hybridized carbons (Fsp3) is 0.320. The normalized spacial score (nSPS) is 16.8. The Morgan fingerprint density at radius 2 is 1.85 bits per heavy atom. The molecule has 3 heterocycles. The van der Waals surface area contributed by atoms with E-state index in [0.717, 1.165) is 31.5 Å². The second kappa shape index (κ2) is 8.98. The summed E-state index contributed by atoms with van der Waals surface area (Å²) in [5, 5.41) is 6.22. The maximum Gasteiger partial charge on any atom is 0.328 e. The van der Waals surface area contributed by atoms with Crippen LogP contribution in [0.2, 0.25) is 0 Å². The lowest BCUT2D eigenvalue weighted by Crippen LogP contribution is -2.43. The molecule has 1 fully saturated rings. The van der Waals surface area contributed by atoms with Crippen molar-refractivity contribution in [2.75, 3.05) is 30.4 Å². The third kappa shape index (κ3) is 4.19. The molecule has 34 heavy (non-hydrogen) atoms. The number of rotatable bonds is 4. The van der Waals surface area contributed by atoms with Crippen LogP contribution in [0, 0.1) is 18.6 Å². The Balaban J connectivity index is 1.66. The second-order valence-electron chi connectivity index (χ2n) is 8.82. The number of para-hydroxylation sites is 1. The Labute approximate surface area is 196 Å². The average molecular weight is 465 g/mol. The van der Waals surface area contributed by atoms with Gasteiger partial charge in [0.05, 0.1) is 17.9 Å². The SMILES string of the molecule is Cc1cc(F)ccc1-c1nc(NC2CCN(C)CC2)nc2c1CNC(=O)N2c1ccccc1F. The highest BCUT2D eigenvalue weighted by molar-refractivity contribution is 6.02. The van der Waals surface area contributed by atoms with E-state index in [4.69, 9.17) is 9.97 Å². The number of amides is 2. The zero-order valence-corrected chi connectivity index (χ0v) is 19.1. The Hall–Kier alpha value is -3.59. The van der Waals surface area contributed by atoms with Crippen molar-refractivity contribution in [2.24, 2.45) is 0 Å². The minimum absolute atomic E-state index is 0.103. The summed E-state index contributed by atoms with van der Waals surface area (Å²) in [6.07, 6.45) is 1.86. The lowest BCUT2D eigenvalue weighted by atomic mass is 10.00. The van der Waals surface area contributed by atoms with Crippen molar-refractivity contribution >= 4 is 23.5 Å². The maximum absolute atomic E-state index is 14.8. The van der Waals surface area contributed by atoms with E-state index < -0.39 is 11.8 Å². The van der Waals surface area contributed by atoms with E-state index in [1.165, 1.54) is 23.1 Å². The van der Waals surface area contributed by atoms with E-state index >= 15 is 0 Å². The number of carbonyl (C=O) groups excluding carboxylic acids is 1. The van der Waals surface area contributed by atoms with Gasteiger partial charge in [-0.1, -0.05) is 12.1 Å². The molecule has 2 amide bonds. The van der Waals surface area contributed by atoms with Crippen LogP contribution < -0.4 is 15.5 Å². The summed E-state index contributed by atoms with van der Waals surface area (Å²) < 4.78 is 28.6. The monoisotopic (exact) mass is 464 g/mol. The number of halogens is 2. The van der Waals surface area contributed by atoms with Crippen molar-refractivity contribution in [2.45, 2.75) is 32.4 Å². The van der Waals surface area contributed by atoms with Gasteiger partial charge in [-0.05, 0) is 75.8 Å². The molecule has 0 radical (unpaired) electrons. The number of carbonyl (C=O) groups is 1. The molecule has 0 saturated carbocycles. The molecule has 176 valence electrons. The molecule has 2 aliphatic heterocycles. The molecule has 2 aliphatic rings. The predicted octanol–water partition coefficient (Wildman–Crippen LogP) is 4.60. The fourth-order valence-corrected chi connectivity index (χ4v) is 4.53. The molecule has 5 rings (SSSR count).